The summed E-state index contributed by atoms with van der Waals surface area (Å²) < 4.78 is 33.8. The summed E-state index contributed by atoms with van der Waals surface area (Å²) in [4.78, 5) is 52.3. The number of ether oxygens (including phenoxy) is 6. The van der Waals surface area contributed by atoms with Crippen molar-refractivity contribution in [3.05, 3.63) is 174 Å². The maximum atomic E-state index is 13.8. The normalized spacial score (nSPS) is 11.6. The molecule has 5 aromatic rings. The first-order chi connectivity index (χ1) is 38.2. The Kier molecular flexibility index (Phi) is 28.0. The number of carbonyl (C=O) groups excluding carboxylic acids is 4. The predicted molar refractivity (Wildman–Crippen MR) is 307 cm³/mol. The van der Waals surface area contributed by atoms with E-state index < -0.39 is 30.0 Å². The minimum absolute atomic E-state index is 0.201. The van der Waals surface area contributed by atoms with Crippen molar-refractivity contribution in [2.75, 3.05) is 51.0 Å². The monoisotopic (exact) mass is 1060 g/mol. The zero-order chi connectivity index (χ0) is 55.4. The molecule has 0 aliphatic heterocycles. The number of unbranched alkanes of at least 4 members (excludes halogenated alkanes) is 7. The van der Waals surface area contributed by atoms with Crippen molar-refractivity contribution in [2.24, 2.45) is 20.4 Å². The van der Waals surface area contributed by atoms with Gasteiger partial charge in [0.25, 0.3) is 0 Å². The lowest BCUT2D eigenvalue weighted by Gasteiger charge is -2.27. The van der Waals surface area contributed by atoms with Gasteiger partial charge in [-0.25, -0.2) is 19.2 Å². The molecular weight excluding hydrogens is 987 g/mol. The fraction of sp³-hybridized carbons (Fsp3) is 0.365. The van der Waals surface area contributed by atoms with Crippen LogP contribution in [0.1, 0.15) is 128 Å². The summed E-state index contributed by atoms with van der Waals surface area (Å²) in [5, 5.41) is 17.3. The van der Waals surface area contributed by atoms with Gasteiger partial charge in [-0.15, -0.1) is 0 Å². The van der Waals surface area contributed by atoms with Crippen LogP contribution >= 0.6 is 0 Å². The molecule has 0 saturated carbocycles. The van der Waals surface area contributed by atoms with Crippen LogP contribution in [-0.4, -0.2) is 88.5 Å². The van der Waals surface area contributed by atoms with E-state index >= 15 is 0 Å². The third-order valence-electron chi connectivity index (χ3n) is 12.2. The minimum atomic E-state index is -0.827. The van der Waals surface area contributed by atoms with Crippen molar-refractivity contribution < 1.29 is 47.6 Å². The number of hydrogen-bond acceptors (Lipinski definition) is 15. The molecule has 1 atom stereocenters. The molecule has 0 saturated heterocycles. The largest absolute Gasteiger partial charge is 0.494 e. The third kappa shape index (κ3) is 23.8. The Balaban J connectivity index is 1.25. The van der Waals surface area contributed by atoms with E-state index in [1.165, 1.54) is 24.8 Å². The van der Waals surface area contributed by atoms with Gasteiger partial charge in [0.1, 0.15) is 24.2 Å². The Hall–Kier alpha value is -8.20. The quantitative estimate of drug-likeness (QED) is 0.00703. The standard InChI is InChI=1S/C63H75N5O10/c1-5-9-13-18-49-19-21-50(22-20-49)46-64-65-47-51-23-25-53(26-24-51)63(72)78-59(48-77-62(71)52-27-35-57(36-28-52)74-43-15-10-11-16-44-75-60(69)7-3)39-41-68(40-14-12-17-45-76-61(70)8-4)56-33-29-54(30-34-56)66-67-55-31-37-58(38-32-55)73-42-6-2/h7-8,19-38,46-47,59H,3-6,9-18,39-45,48H2,1-2H3/b64-46+,65-47+,67-66?. The first-order valence-electron chi connectivity index (χ1n) is 27.1. The number of anilines is 1. The van der Waals surface area contributed by atoms with E-state index in [4.69, 9.17) is 28.4 Å². The minimum Gasteiger partial charge on any atom is -0.494 e. The maximum Gasteiger partial charge on any atom is 0.338 e. The van der Waals surface area contributed by atoms with Crippen molar-refractivity contribution >= 4 is 53.4 Å². The lowest BCUT2D eigenvalue weighted by Crippen LogP contribution is -2.32. The molecule has 5 aromatic carbocycles. The second-order valence-corrected chi connectivity index (χ2v) is 18.4. The fourth-order valence-corrected chi connectivity index (χ4v) is 7.73. The van der Waals surface area contributed by atoms with Crippen LogP contribution in [0, 0.1) is 0 Å². The van der Waals surface area contributed by atoms with Gasteiger partial charge in [0.05, 0.1) is 61.4 Å². The molecule has 15 nitrogen and oxygen atoms in total. The summed E-state index contributed by atoms with van der Waals surface area (Å²) >= 11 is 0. The maximum absolute atomic E-state index is 13.8. The van der Waals surface area contributed by atoms with E-state index in [-0.39, 0.29) is 13.2 Å². The molecule has 15 heteroatoms. The van der Waals surface area contributed by atoms with E-state index in [1.807, 2.05) is 60.7 Å². The molecule has 0 spiro atoms. The molecular formula is C63H75N5O10. The zero-order valence-electron chi connectivity index (χ0n) is 45.3. The van der Waals surface area contributed by atoms with Gasteiger partial charge in [-0.1, -0.05) is 76.2 Å². The number of aryl methyl sites for hydroxylation is 1. The summed E-state index contributed by atoms with van der Waals surface area (Å²) in [7, 11) is 0. The Morgan fingerprint density at radius 2 is 1.03 bits per heavy atom. The molecule has 0 aromatic heterocycles. The van der Waals surface area contributed by atoms with Crippen LogP contribution in [0.25, 0.3) is 0 Å². The van der Waals surface area contributed by atoms with Crippen LogP contribution in [0.4, 0.5) is 17.1 Å². The van der Waals surface area contributed by atoms with Gasteiger partial charge >= 0.3 is 23.9 Å². The number of hydrogen-bond donors (Lipinski definition) is 0. The lowest BCUT2D eigenvalue weighted by atomic mass is 10.1. The number of nitrogens with zero attached hydrogens (tertiary/aromatic N) is 5. The molecule has 0 aliphatic rings. The molecule has 1 unspecified atom stereocenters. The summed E-state index contributed by atoms with van der Waals surface area (Å²) in [6, 6.07) is 37.0. The molecule has 0 N–H and O–H groups in total. The lowest BCUT2D eigenvalue weighted by molar-refractivity contribution is -0.138. The zero-order valence-corrected chi connectivity index (χ0v) is 45.3. The molecule has 0 aliphatic carbocycles. The van der Waals surface area contributed by atoms with E-state index in [9.17, 15) is 19.2 Å². The van der Waals surface area contributed by atoms with Gasteiger partial charge in [0, 0.05) is 37.3 Å². The van der Waals surface area contributed by atoms with Crippen molar-refractivity contribution in [3.63, 3.8) is 0 Å². The van der Waals surface area contributed by atoms with Crippen LogP contribution in [0.3, 0.4) is 0 Å². The second kappa shape index (κ2) is 35.9. The number of rotatable bonds is 37. The SMILES string of the molecule is C=CC(=O)OCCCCCCOc1ccc(C(=O)OCC(CCN(CCCCCOC(=O)C=C)c2ccc(N=Nc3ccc(OCCC)cc3)cc2)OC(=O)c2ccc(/C=N/N=C/c3ccc(CCCCC)cc3)cc2)cc1. The second-order valence-electron chi connectivity index (χ2n) is 18.4. The van der Waals surface area contributed by atoms with Gasteiger partial charge in [0.2, 0.25) is 0 Å². The molecule has 0 bridgehead atoms. The molecule has 0 fully saturated rings. The summed E-state index contributed by atoms with van der Waals surface area (Å²) in [6.07, 6.45) is 16.3. The first kappa shape index (κ1) is 60.7. The van der Waals surface area contributed by atoms with Gasteiger partial charge in [-0.2, -0.15) is 20.4 Å². The highest BCUT2D eigenvalue weighted by Gasteiger charge is 2.21. The number of benzene rings is 5. The van der Waals surface area contributed by atoms with Gasteiger partial charge < -0.3 is 33.3 Å². The summed E-state index contributed by atoms with van der Waals surface area (Å²) in [5.41, 5.74) is 5.88. The highest BCUT2D eigenvalue weighted by atomic mass is 16.6. The smallest absolute Gasteiger partial charge is 0.338 e. The summed E-state index contributed by atoms with van der Waals surface area (Å²) in [5.74, 6) is -0.647. The molecule has 0 radical (unpaired) electrons. The van der Waals surface area contributed by atoms with Crippen LogP contribution < -0.4 is 14.4 Å². The highest BCUT2D eigenvalue weighted by molar-refractivity contribution is 5.91. The molecule has 412 valence electrons. The van der Waals surface area contributed by atoms with E-state index in [2.05, 4.69) is 64.5 Å². The highest BCUT2D eigenvalue weighted by Crippen LogP contribution is 2.25. The average molecular weight is 1060 g/mol. The molecule has 78 heavy (non-hydrogen) atoms. The first-order valence-corrected chi connectivity index (χ1v) is 27.1. The molecule has 5 rings (SSSR count). The van der Waals surface area contributed by atoms with Crippen LogP contribution in [0.5, 0.6) is 11.5 Å². The van der Waals surface area contributed by atoms with Crippen molar-refractivity contribution in [2.45, 2.75) is 103 Å². The molecule has 0 heterocycles. The van der Waals surface area contributed by atoms with Crippen molar-refractivity contribution in [3.8, 4) is 11.5 Å². The van der Waals surface area contributed by atoms with E-state index in [0.29, 0.717) is 74.0 Å². The van der Waals surface area contributed by atoms with Crippen LogP contribution in [0.2, 0.25) is 0 Å². The average Bonchev–Trinajstić information content (AvgIpc) is 3.47. The van der Waals surface area contributed by atoms with E-state index in [0.717, 1.165) is 86.1 Å². The van der Waals surface area contributed by atoms with Gasteiger partial charge in [-0.3, -0.25) is 0 Å². The Morgan fingerprint density at radius 3 is 1.60 bits per heavy atom. The van der Waals surface area contributed by atoms with Gasteiger partial charge in [-0.05, 0) is 166 Å². The Bertz CT molecular complexity index is 2670. The Labute approximate surface area is 460 Å². The van der Waals surface area contributed by atoms with Crippen LogP contribution in [0.15, 0.2) is 167 Å². The Morgan fingerprint density at radius 1 is 0.513 bits per heavy atom. The topological polar surface area (TPSA) is 176 Å². The molecule has 0 amide bonds. The van der Waals surface area contributed by atoms with Crippen molar-refractivity contribution in [1.82, 2.24) is 0 Å². The number of esters is 4. The fourth-order valence-electron chi connectivity index (χ4n) is 7.73. The summed E-state index contributed by atoms with van der Waals surface area (Å²) in [6.45, 7) is 13.8. The number of azo groups is 1. The predicted octanol–water partition coefficient (Wildman–Crippen LogP) is 13.9. The third-order valence-corrected chi connectivity index (χ3v) is 12.2. The van der Waals surface area contributed by atoms with E-state index in [1.54, 1.807) is 61.0 Å². The van der Waals surface area contributed by atoms with Gasteiger partial charge in [0.15, 0.2) is 0 Å². The van der Waals surface area contributed by atoms with Crippen molar-refractivity contribution in [1.29, 1.82) is 0 Å². The van der Waals surface area contributed by atoms with Crippen LogP contribution in [-0.2, 0) is 35.0 Å². The number of carbonyl (C=O) groups is 4.